The van der Waals surface area contributed by atoms with Crippen molar-refractivity contribution in [1.82, 2.24) is 0 Å². The summed E-state index contributed by atoms with van der Waals surface area (Å²) in [5, 5.41) is 21.2. The molecule has 24 heavy (non-hydrogen) atoms. The number of fused-ring (bicyclic) bond motifs is 5. The predicted molar refractivity (Wildman–Crippen MR) is 93.3 cm³/mol. The molecule has 0 bridgehead atoms. The molecule has 0 unspecified atom stereocenters. The molecular weight excluding hydrogens is 300 g/mol. The molecule has 0 spiro atoms. The lowest BCUT2D eigenvalue weighted by Gasteiger charge is -2.61. The highest BCUT2D eigenvalue weighted by molar-refractivity contribution is 5.88. The summed E-state index contributed by atoms with van der Waals surface area (Å²) in [6.45, 7) is 6.12. The lowest BCUT2D eigenvalue weighted by Crippen LogP contribution is -2.58. The van der Waals surface area contributed by atoms with Crippen LogP contribution in [0.5, 0.6) is 0 Å². The number of hydrogen-bond acceptors (Lipinski definition) is 3. The molecule has 3 fully saturated rings. The molecule has 4 aliphatic rings. The van der Waals surface area contributed by atoms with Crippen LogP contribution in [0.4, 0.5) is 0 Å². The molecule has 0 heterocycles. The van der Waals surface area contributed by atoms with E-state index >= 15 is 0 Å². The fourth-order valence-electron chi connectivity index (χ4n) is 7.24. The summed E-state index contributed by atoms with van der Waals surface area (Å²) in [4.78, 5) is 12.2. The van der Waals surface area contributed by atoms with E-state index in [2.05, 4.69) is 19.9 Å². The highest BCUT2D eigenvalue weighted by atomic mass is 16.3. The van der Waals surface area contributed by atoms with E-state index in [-0.39, 0.29) is 17.3 Å². The Labute approximate surface area is 145 Å². The summed E-state index contributed by atoms with van der Waals surface area (Å²) in [5.74, 6) is 2.09. The van der Waals surface area contributed by atoms with Gasteiger partial charge < -0.3 is 10.2 Å². The van der Waals surface area contributed by atoms with Crippen molar-refractivity contribution in [3.63, 3.8) is 0 Å². The van der Waals surface area contributed by atoms with E-state index in [1.54, 1.807) is 6.08 Å². The van der Waals surface area contributed by atoms with Gasteiger partial charge in [0.05, 0.1) is 6.10 Å². The van der Waals surface area contributed by atoms with Gasteiger partial charge in [-0.15, -0.1) is 0 Å². The second-order valence-electron chi connectivity index (χ2n) is 9.64. The number of rotatable bonds is 1. The van der Waals surface area contributed by atoms with Crippen molar-refractivity contribution < 1.29 is 15.0 Å². The van der Waals surface area contributed by atoms with Crippen molar-refractivity contribution >= 4 is 5.78 Å². The highest BCUT2D eigenvalue weighted by Crippen LogP contribution is 2.66. The summed E-state index contributed by atoms with van der Waals surface area (Å²) < 4.78 is 0. The number of hydrogen-bond donors (Lipinski definition) is 2. The standard InChI is InChI=1S/C21H32O3/c1-13(22)21(24)11-8-18-16-5-4-14-12-15(23)6-9-19(14,2)17(16)7-10-20(18,21)3/h8,11,14-18,23-24H,4-7,9-10,12H2,1-3H3/t14-,15-,16-,17+,18+,19+,20+,21+/m1/s1. The summed E-state index contributed by atoms with van der Waals surface area (Å²) >= 11 is 0. The van der Waals surface area contributed by atoms with Gasteiger partial charge >= 0.3 is 0 Å². The zero-order valence-corrected chi connectivity index (χ0v) is 15.3. The molecule has 0 saturated heterocycles. The summed E-state index contributed by atoms with van der Waals surface area (Å²) in [5.41, 5.74) is -1.28. The van der Waals surface area contributed by atoms with Gasteiger partial charge in [-0.05, 0) is 87.0 Å². The molecule has 134 valence electrons. The quantitative estimate of drug-likeness (QED) is 0.723. The van der Waals surface area contributed by atoms with Gasteiger partial charge in [-0.2, -0.15) is 0 Å². The Bertz CT molecular complexity index is 584. The number of ketones is 1. The zero-order chi connectivity index (χ0) is 17.3. The Hall–Kier alpha value is -0.670. The second kappa shape index (κ2) is 5.17. The minimum atomic E-state index is -1.27. The van der Waals surface area contributed by atoms with Crippen LogP contribution in [0.25, 0.3) is 0 Å². The molecule has 4 aliphatic carbocycles. The molecule has 3 nitrogen and oxygen atoms in total. The molecule has 0 aromatic heterocycles. The van der Waals surface area contributed by atoms with Crippen molar-refractivity contribution in [1.29, 1.82) is 0 Å². The Morgan fingerprint density at radius 2 is 1.88 bits per heavy atom. The van der Waals surface area contributed by atoms with E-state index in [9.17, 15) is 15.0 Å². The van der Waals surface area contributed by atoms with Crippen molar-refractivity contribution in [2.75, 3.05) is 0 Å². The molecule has 0 aromatic carbocycles. The second-order valence-corrected chi connectivity index (χ2v) is 9.64. The lowest BCUT2D eigenvalue weighted by atomic mass is 9.44. The Kier molecular flexibility index (Phi) is 3.61. The maximum Gasteiger partial charge on any atom is 0.165 e. The zero-order valence-electron chi connectivity index (χ0n) is 15.3. The van der Waals surface area contributed by atoms with Crippen LogP contribution in [0, 0.1) is 34.5 Å². The third-order valence-corrected chi connectivity index (χ3v) is 8.84. The smallest absolute Gasteiger partial charge is 0.165 e. The monoisotopic (exact) mass is 332 g/mol. The summed E-state index contributed by atoms with van der Waals surface area (Å²) in [7, 11) is 0. The Morgan fingerprint density at radius 1 is 1.12 bits per heavy atom. The van der Waals surface area contributed by atoms with Gasteiger partial charge in [0.1, 0.15) is 5.60 Å². The molecule has 4 rings (SSSR count). The fraction of sp³-hybridized carbons (Fsp3) is 0.857. The van der Waals surface area contributed by atoms with Crippen LogP contribution < -0.4 is 0 Å². The van der Waals surface area contributed by atoms with Crippen molar-refractivity contribution in [3.8, 4) is 0 Å². The summed E-state index contributed by atoms with van der Waals surface area (Å²) in [6.07, 6.45) is 11.3. The maximum absolute atomic E-state index is 12.2. The molecule has 0 aromatic rings. The number of carbonyl (C=O) groups is 1. The van der Waals surface area contributed by atoms with Gasteiger partial charge in [0.25, 0.3) is 0 Å². The van der Waals surface area contributed by atoms with Crippen LogP contribution in [0.1, 0.15) is 65.7 Å². The lowest BCUT2D eigenvalue weighted by molar-refractivity contribution is -0.164. The van der Waals surface area contributed by atoms with Crippen LogP contribution in [-0.2, 0) is 4.79 Å². The number of aliphatic hydroxyl groups is 2. The molecule has 0 amide bonds. The third kappa shape index (κ3) is 1.94. The number of allylic oxidation sites excluding steroid dienone is 1. The Balaban J connectivity index is 1.66. The van der Waals surface area contributed by atoms with Crippen LogP contribution in [0.2, 0.25) is 0 Å². The average molecular weight is 332 g/mol. The van der Waals surface area contributed by atoms with Gasteiger partial charge in [-0.25, -0.2) is 0 Å². The molecule has 0 radical (unpaired) electrons. The largest absolute Gasteiger partial charge is 0.393 e. The first-order chi connectivity index (χ1) is 11.2. The SMILES string of the molecule is CC(=O)[C@@]1(O)C=C[C@H]2[C@@H]3CC[C@@H]4C[C@H](O)CC[C@]4(C)[C@H]3CC[C@@]21C. The molecular formula is C21H32O3. The van der Waals surface area contributed by atoms with E-state index in [0.717, 1.165) is 32.1 Å². The fourth-order valence-corrected chi connectivity index (χ4v) is 7.24. The molecule has 3 saturated carbocycles. The first-order valence-electron chi connectivity index (χ1n) is 9.83. The van der Waals surface area contributed by atoms with E-state index in [1.807, 2.05) is 0 Å². The van der Waals surface area contributed by atoms with Gasteiger partial charge in [-0.1, -0.05) is 19.9 Å². The number of aliphatic hydroxyl groups excluding tert-OH is 1. The van der Waals surface area contributed by atoms with Crippen molar-refractivity contribution in [3.05, 3.63) is 12.2 Å². The van der Waals surface area contributed by atoms with E-state index < -0.39 is 5.60 Å². The predicted octanol–water partition coefficient (Wildman–Crippen LogP) is 3.49. The van der Waals surface area contributed by atoms with Crippen LogP contribution in [-0.4, -0.2) is 27.7 Å². The Morgan fingerprint density at radius 3 is 2.58 bits per heavy atom. The topological polar surface area (TPSA) is 57.5 Å². The van der Waals surface area contributed by atoms with Crippen LogP contribution in [0.3, 0.4) is 0 Å². The van der Waals surface area contributed by atoms with Crippen molar-refractivity contribution in [2.24, 2.45) is 34.5 Å². The normalized spacial score (nSPS) is 56.3. The van der Waals surface area contributed by atoms with E-state index in [4.69, 9.17) is 0 Å². The van der Waals surface area contributed by atoms with Crippen LogP contribution in [0.15, 0.2) is 12.2 Å². The van der Waals surface area contributed by atoms with Crippen LogP contribution >= 0.6 is 0 Å². The molecule has 8 atom stereocenters. The number of Topliss-reactive ketones (excluding diaryl/α,β-unsaturated/α-hetero) is 1. The van der Waals surface area contributed by atoms with E-state index in [1.165, 1.54) is 19.8 Å². The third-order valence-electron chi connectivity index (χ3n) is 8.84. The first-order valence-corrected chi connectivity index (χ1v) is 9.83. The first kappa shape index (κ1) is 16.8. The molecule has 2 N–H and O–H groups in total. The van der Waals surface area contributed by atoms with Gasteiger partial charge in [0.15, 0.2) is 5.78 Å². The van der Waals surface area contributed by atoms with Gasteiger partial charge in [0, 0.05) is 5.41 Å². The maximum atomic E-state index is 12.2. The summed E-state index contributed by atoms with van der Waals surface area (Å²) in [6, 6.07) is 0. The molecule has 3 heteroatoms. The molecule has 0 aliphatic heterocycles. The number of carbonyl (C=O) groups excluding carboxylic acids is 1. The van der Waals surface area contributed by atoms with Gasteiger partial charge in [0.2, 0.25) is 0 Å². The minimum Gasteiger partial charge on any atom is -0.393 e. The van der Waals surface area contributed by atoms with Gasteiger partial charge in [-0.3, -0.25) is 4.79 Å². The van der Waals surface area contributed by atoms with Crippen molar-refractivity contribution in [2.45, 2.75) is 77.4 Å². The highest BCUT2D eigenvalue weighted by Gasteiger charge is 2.64. The minimum absolute atomic E-state index is 0.108. The van der Waals surface area contributed by atoms with E-state index in [0.29, 0.717) is 29.1 Å². The average Bonchev–Trinajstić information content (AvgIpc) is 2.81.